The minimum atomic E-state index is -0.668. The summed E-state index contributed by atoms with van der Waals surface area (Å²) in [4.78, 5) is 14.4. The van der Waals surface area contributed by atoms with Crippen molar-refractivity contribution >= 4 is 5.91 Å². The van der Waals surface area contributed by atoms with Crippen molar-refractivity contribution in [1.82, 2.24) is 10.2 Å². The van der Waals surface area contributed by atoms with Crippen LogP contribution in [0.4, 0.5) is 0 Å². The molecule has 4 nitrogen and oxygen atoms in total. The molecule has 0 bridgehead atoms. The molecular weight excluding hydrogens is 204 g/mol. The first-order valence-corrected chi connectivity index (χ1v) is 6.16. The molecule has 1 heterocycles. The summed E-state index contributed by atoms with van der Waals surface area (Å²) in [7, 11) is 1.61. The minimum Gasteiger partial charge on any atom is -0.369 e. The van der Waals surface area contributed by atoms with E-state index in [1.165, 1.54) is 0 Å². The number of carbonyl (C=O) groups excluding carboxylic acids is 1. The number of nitrogens with one attached hydrogen (secondary N) is 1. The van der Waals surface area contributed by atoms with Gasteiger partial charge in [-0.25, -0.2) is 0 Å². The fourth-order valence-electron chi connectivity index (χ4n) is 2.16. The SMILES string of the molecule is CCN(C(=O)C(C)(CC)OC)C1CCNC1. The van der Waals surface area contributed by atoms with Crippen LogP contribution in [-0.2, 0) is 9.53 Å². The van der Waals surface area contributed by atoms with Crippen LogP contribution in [0.5, 0.6) is 0 Å². The van der Waals surface area contributed by atoms with E-state index >= 15 is 0 Å². The normalized spacial score (nSPS) is 24.1. The summed E-state index contributed by atoms with van der Waals surface area (Å²) in [5, 5.41) is 3.29. The van der Waals surface area contributed by atoms with Crippen LogP contribution < -0.4 is 5.32 Å². The third-order valence-corrected chi connectivity index (χ3v) is 3.65. The van der Waals surface area contributed by atoms with Crippen molar-refractivity contribution in [3.05, 3.63) is 0 Å². The number of amides is 1. The van der Waals surface area contributed by atoms with Crippen molar-refractivity contribution in [3.63, 3.8) is 0 Å². The maximum Gasteiger partial charge on any atom is 0.254 e. The first kappa shape index (κ1) is 13.5. The van der Waals surface area contributed by atoms with Gasteiger partial charge in [-0.2, -0.15) is 0 Å². The summed E-state index contributed by atoms with van der Waals surface area (Å²) in [6.45, 7) is 8.56. The highest BCUT2D eigenvalue weighted by Crippen LogP contribution is 2.20. The zero-order valence-electron chi connectivity index (χ0n) is 10.9. The Bertz CT molecular complexity index is 233. The van der Waals surface area contributed by atoms with Gasteiger partial charge in [-0.1, -0.05) is 6.92 Å². The van der Waals surface area contributed by atoms with Gasteiger partial charge in [0.15, 0.2) is 0 Å². The fourth-order valence-corrected chi connectivity index (χ4v) is 2.16. The molecule has 1 fully saturated rings. The standard InChI is InChI=1S/C12H24N2O2/c1-5-12(3,16-4)11(15)14(6-2)10-7-8-13-9-10/h10,13H,5-9H2,1-4H3. The van der Waals surface area contributed by atoms with Crippen LogP contribution in [0.15, 0.2) is 0 Å². The maximum atomic E-state index is 12.4. The number of nitrogens with zero attached hydrogens (tertiary/aromatic N) is 1. The largest absolute Gasteiger partial charge is 0.369 e. The molecule has 1 amide bonds. The second kappa shape index (κ2) is 5.64. The molecule has 94 valence electrons. The summed E-state index contributed by atoms with van der Waals surface area (Å²) >= 11 is 0. The van der Waals surface area contributed by atoms with Gasteiger partial charge in [0.2, 0.25) is 0 Å². The van der Waals surface area contributed by atoms with Crippen molar-refractivity contribution in [2.45, 2.75) is 45.3 Å². The molecule has 0 aliphatic carbocycles. The van der Waals surface area contributed by atoms with Gasteiger partial charge in [0.05, 0.1) is 0 Å². The second-order valence-electron chi connectivity index (χ2n) is 4.53. The van der Waals surface area contributed by atoms with Gasteiger partial charge in [-0.05, 0) is 33.2 Å². The van der Waals surface area contributed by atoms with Crippen molar-refractivity contribution in [1.29, 1.82) is 0 Å². The summed E-state index contributed by atoms with van der Waals surface area (Å²) in [6.07, 6.45) is 1.75. The zero-order chi connectivity index (χ0) is 12.2. The molecule has 2 atom stereocenters. The van der Waals surface area contributed by atoms with Crippen LogP contribution in [0.2, 0.25) is 0 Å². The average Bonchev–Trinajstić information content (AvgIpc) is 2.82. The lowest BCUT2D eigenvalue weighted by Gasteiger charge is -2.35. The predicted octanol–water partition coefficient (Wildman–Crippen LogP) is 1.01. The number of rotatable bonds is 5. The molecule has 0 aromatic heterocycles. The Balaban J connectivity index is 2.75. The lowest BCUT2D eigenvalue weighted by molar-refractivity contribution is -0.155. The van der Waals surface area contributed by atoms with Gasteiger partial charge in [0, 0.05) is 26.2 Å². The molecule has 2 unspecified atom stereocenters. The molecule has 0 saturated carbocycles. The number of hydrogen-bond acceptors (Lipinski definition) is 3. The maximum absolute atomic E-state index is 12.4. The van der Waals surface area contributed by atoms with E-state index in [1.807, 2.05) is 25.7 Å². The summed E-state index contributed by atoms with van der Waals surface area (Å²) in [6, 6.07) is 0.332. The van der Waals surface area contributed by atoms with Crippen molar-refractivity contribution in [2.75, 3.05) is 26.7 Å². The number of ether oxygens (including phenoxy) is 1. The Labute approximate surface area is 98.3 Å². The highest BCUT2D eigenvalue weighted by molar-refractivity contribution is 5.85. The van der Waals surface area contributed by atoms with E-state index in [4.69, 9.17) is 4.74 Å². The van der Waals surface area contributed by atoms with Crippen molar-refractivity contribution in [3.8, 4) is 0 Å². The molecule has 0 radical (unpaired) electrons. The first-order chi connectivity index (χ1) is 7.59. The van der Waals surface area contributed by atoms with Crippen molar-refractivity contribution < 1.29 is 9.53 Å². The van der Waals surface area contributed by atoms with Crippen LogP contribution in [0.3, 0.4) is 0 Å². The smallest absolute Gasteiger partial charge is 0.254 e. The Morgan fingerprint density at radius 1 is 1.56 bits per heavy atom. The van der Waals surface area contributed by atoms with Crippen LogP contribution >= 0.6 is 0 Å². The van der Waals surface area contributed by atoms with E-state index in [-0.39, 0.29) is 5.91 Å². The highest BCUT2D eigenvalue weighted by atomic mass is 16.5. The summed E-state index contributed by atoms with van der Waals surface area (Å²) in [5.41, 5.74) is -0.668. The zero-order valence-corrected chi connectivity index (χ0v) is 10.9. The summed E-state index contributed by atoms with van der Waals surface area (Å²) < 4.78 is 5.38. The van der Waals surface area contributed by atoms with Crippen LogP contribution in [-0.4, -0.2) is 49.2 Å². The van der Waals surface area contributed by atoms with Crippen LogP contribution in [0.1, 0.15) is 33.6 Å². The number of methoxy groups -OCH3 is 1. The summed E-state index contributed by atoms with van der Waals surface area (Å²) in [5.74, 6) is 0.119. The molecular formula is C12H24N2O2. The Hall–Kier alpha value is -0.610. The Morgan fingerprint density at radius 3 is 2.62 bits per heavy atom. The number of likely N-dealkylation sites (N-methyl/N-ethyl adjacent to an activating group) is 1. The van der Waals surface area contributed by atoms with E-state index in [2.05, 4.69) is 5.32 Å². The fraction of sp³-hybridized carbons (Fsp3) is 0.917. The van der Waals surface area contributed by atoms with E-state index < -0.39 is 5.60 Å². The predicted molar refractivity (Wildman–Crippen MR) is 64.4 cm³/mol. The van der Waals surface area contributed by atoms with Gasteiger partial charge in [-0.15, -0.1) is 0 Å². The van der Waals surface area contributed by atoms with Crippen molar-refractivity contribution in [2.24, 2.45) is 0 Å². The molecule has 1 N–H and O–H groups in total. The second-order valence-corrected chi connectivity index (χ2v) is 4.53. The minimum absolute atomic E-state index is 0.119. The molecule has 0 spiro atoms. The van der Waals surface area contributed by atoms with E-state index in [9.17, 15) is 4.79 Å². The third-order valence-electron chi connectivity index (χ3n) is 3.65. The molecule has 1 rings (SSSR count). The highest BCUT2D eigenvalue weighted by Gasteiger charge is 2.37. The van der Waals surface area contributed by atoms with Crippen LogP contribution in [0, 0.1) is 0 Å². The molecule has 1 saturated heterocycles. The van der Waals surface area contributed by atoms with Crippen LogP contribution in [0.25, 0.3) is 0 Å². The average molecular weight is 228 g/mol. The Morgan fingerprint density at radius 2 is 2.25 bits per heavy atom. The quantitative estimate of drug-likeness (QED) is 0.763. The van der Waals surface area contributed by atoms with Gasteiger partial charge in [0.1, 0.15) is 5.60 Å². The molecule has 0 aromatic carbocycles. The molecule has 1 aliphatic heterocycles. The van der Waals surface area contributed by atoms with E-state index in [0.717, 1.165) is 26.1 Å². The van der Waals surface area contributed by atoms with Gasteiger partial charge in [-0.3, -0.25) is 4.79 Å². The Kier molecular flexibility index (Phi) is 4.74. The topological polar surface area (TPSA) is 41.6 Å². The number of carbonyl (C=O) groups is 1. The lowest BCUT2D eigenvalue weighted by atomic mass is 10.00. The molecule has 4 heteroatoms. The van der Waals surface area contributed by atoms with E-state index in [1.54, 1.807) is 7.11 Å². The van der Waals surface area contributed by atoms with Gasteiger partial charge >= 0.3 is 0 Å². The van der Waals surface area contributed by atoms with Gasteiger partial charge in [0.25, 0.3) is 5.91 Å². The first-order valence-electron chi connectivity index (χ1n) is 6.16. The third kappa shape index (κ3) is 2.55. The monoisotopic (exact) mass is 228 g/mol. The molecule has 16 heavy (non-hydrogen) atoms. The lowest BCUT2D eigenvalue weighted by Crippen LogP contribution is -2.52. The number of hydrogen-bond donors (Lipinski definition) is 1. The molecule has 0 aromatic rings. The van der Waals surface area contributed by atoms with E-state index in [0.29, 0.717) is 12.5 Å². The molecule has 1 aliphatic rings. The van der Waals surface area contributed by atoms with Gasteiger partial charge < -0.3 is 15.0 Å².